The highest BCUT2D eigenvalue weighted by Crippen LogP contribution is 2.31. The Hall–Kier alpha value is -2.97. The third-order valence-electron chi connectivity index (χ3n) is 6.56. The second-order valence-corrected chi connectivity index (χ2v) is 9.56. The van der Waals surface area contributed by atoms with E-state index in [0.717, 1.165) is 61.5 Å². The molecule has 0 bridgehead atoms. The van der Waals surface area contributed by atoms with E-state index in [-0.39, 0.29) is 17.7 Å². The number of likely N-dealkylation sites (tertiary alicyclic amines) is 1. The molecule has 3 aromatic rings. The number of carbonyl (C=O) groups is 2. The largest absolute Gasteiger partial charge is 0.451 e. The molecule has 0 saturated carbocycles. The third kappa shape index (κ3) is 4.58. The maximum absolute atomic E-state index is 12.9. The lowest BCUT2D eigenvalue weighted by Gasteiger charge is -2.33. The van der Waals surface area contributed by atoms with Gasteiger partial charge >= 0.3 is 0 Å². The van der Waals surface area contributed by atoms with Crippen molar-refractivity contribution in [2.45, 2.75) is 18.8 Å². The van der Waals surface area contributed by atoms with Crippen LogP contribution in [0.1, 0.15) is 44.8 Å². The van der Waals surface area contributed by atoms with Crippen LogP contribution >= 0.6 is 11.3 Å². The summed E-state index contributed by atoms with van der Waals surface area (Å²) in [5, 5.41) is 3.83. The monoisotopic (exact) mass is 464 g/mol. The smallest absolute Gasteiger partial charge is 0.289 e. The molecule has 8 heteroatoms. The van der Waals surface area contributed by atoms with Gasteiger partial charge in [0.1, 0.15) is 11.3 Å². The number of aromatic nitrogens is 1. The molecule has 0 radical (unpaired) electrons. The zero-order valence-corrected chi connectivity index (χ0v) is 19.4. The lowest BCUT2D eigenvalue weighted by atomic mass is 9.97. The van der Waals surface area contributed by atoms with Crippen molar-refractivity contribution in [2.75, 3.05) is 45.8 Å². The van der Waals surface area contributed by atoms with Gasteiger partial charge in [-0.05, 0) is 25.0 Å². The number of nitrogens with zero attached hydrogens (tertiary/aromatic N) is 4. The molecule has 2 aliphatic heterocycles. The quantitative estimate of drug-likeness (QED) is 0.537. The Labute approximate surface area is 197 Å². The maximum Gasteiger partial charge on any atom is 0.289 e. The van der Waals surface area contributed by atoms with Gasteiger partial charge in [0.05, 0.1) is 5.01 Å². The predicted molar refractivity (Wildman–Crippen MR) is 129 cm³/mol. The first kappa shape index (κ1) is 21.9. The molecule has 7 nitrogen and oxygen atoms in total. The number of rotatable bonds is 5. The van der Waals surface area contributed by atoms with Crippen molar-refractivity contribution in [1.29, 1.82) is 0 Å². The fourth-order valence-electron chi connectivity index (χ4n) is 4.62. The standard InChI is InChI=1S/C25H28N4O3S/c1-2-9-27-12-14-29(15-13-27)24(30)20-17-33-23(26-20)18-7-10-28(11-8-18)25(31)22-16-19-5-3-4-6-21(19)32-22/h2-6,16-18H,1,7-15H2. The number of thiazole rings is 1. The normalized spacial score (nSPS) is 18.1. The second-order valence-electron chi connectivity index (χ2n) is 8.67. The number of piperazine rings is 1. The van der Waals surface area contributed by atoms with E-state index in [1.807, 2.05) is 51.6 Å². The molecule has 2 aliphatic rings. The number of carbonyl (C=O) groups excluding carboxylic acids is 2. The van der Waals surface area contributed by atoms with Gasteiger partial charge < -0.3 is 14.2 Å². The van der Waals surface area contributed by atoms with Gasteiger partial charge in [-0.1, -0.05) is 24.3 Å². The van der Waals surface area contributed by atoms with E-state index < -0.39 is 0 Å². The number of hydrogen-bond donors (Lipinski definition) is 0. The molecule has 0 N–H and O–H groups in total. The number of piperidine rings is 1. The molecule has 2 amide bonds. The highest BCUT2D eigenvalue weighted by Gasteiger charge is 2.29. The SMILES string of the molecule is C=CCN1CCN(C(=O)c2csc(C3CCN(C(=O)c4cc5ccccc5o4)CC3)n2)CC1. The van der Waals surface area contributed by atoms with Crippen molar-refractivity contribution in [3.63, 3.8) is 0 Å². The van der Waals surface area contributed by atoms with Crippen LogP contribution in [0.5, 0.6) is 0 Å². The van der Waals surface area contributed by atoms with Crippen molar-refractivity contribution < 1.29 is 14.0 Å². The minimum atomic E-state index is -0.0600. The summed E-state index contributed by atoms with van der Waals surface area (Å²) in [5.74, 6) is 0.634. The van der Waals surface area contributed by atoms with E-state index in [2.05, 4.69) is 11.5 Å². The molecule has 2 aromatic heterocycles. The van der Waals surface area contributed by atoms with Crippen molar-refractivity contribution in [2.24, 2.45) is 0 Å². The molecular weight excluding hydrogens is 436 g/mol. The fourth-order valence-corrected chi connectivity index (χ4v) is 5.59. The number of fused-ring (bicyclic) bond motifs is 1. The first-order chi connectivity index (χ1) is 16.1. The Balaban J connectivity index is 1.17. The van der Waals surface area contributed by atoms with E-state index in [0.29, 0.717) is 24.5 Å². The molecule has 0 spiro atoms. The molecule has 33 heavy (non-hydrogen) atoms. The molecule has 0 unspecified atom stereocenters. The minimum absolute atomic E-state index is 0.0215. The highest BCUT2D eigenvalue weighted by molar-refractivity contribution is 7.09. The summed E-state index contributed by atoms with van der Waals surface area (Å²) in [7, 11) is 0. The van der Waals surface area contributed by atoms with Crippen LogP contribution in [0.4, 0.5) is 0 Å². The molecular formula is C25H28N4O3S. The topological polar surface area (TPSA) is 69.9 Å². The van der Waals surface area contributed by atoms with Gasteiger partial charge in [0, 0.05) is 62.5 Å². The Morgan fingerprint density at radius 2 is 1.79 bits per heavy atom. The van der Waals surface area contributed by atoms with Gasteiger partial charge in [0.15, 0.2) is 5.76 Å². The summed E-state index contributed by atoms with van der Waals surface area (Å²) in [4.78, 5) is 36.6. The Kier molecular flexibility index (Phi) is 6.28. The summed E-state index contributed by atoms with van der Waals surface area (Å²) < 4.78 is 5.75. The zero-order chi connectivity index (χ0) is 22.8. The van der Waals surface area contributed by atoms with Gasteiger partial charge in [0.2, 0.25) is 0 Å². The summed E-state index contributed by atoms with van der Waals surface area (Å²) in [6, 6.07) is 9.49. The van der Waals surface area contributed by atoms with Crippen LogP contribution in [0.3, 0.4) is 0 Å². The number of para-hydroxylation sites is 1. The first-order valence-electron chi connectivity index (χ1n) is 11.5. The Morgan fingerprint density at radius 1 is 1.06 bits per heavy atom. The van der Waals surface area contributed by atoms with Gasteiger partial charge in [-0.2, -0.15) is 0 Å². The third-order valence-corrected chi connectivity index (χ3v) is 7.56. The lowest BCUT2D eigenvalue weighted by Crippen LogP contribution is -2.48. The van der Waals surface area contributed by atoms with Crippen LogP contribution in [-0.2, 0) is 0 Å². The van der Waals surface area contributed by atoms with Gasteiger partial charge in [-0.25, -0.2) is 4.98 Å². The molecule has 2 fully saturated rings. The second kappa shape index (κ2) is 9.49. The van der Waals surface area contributed by atoms with Crippen LogP contribution in [0.15, 0.2) is 52.8 Å². The van der Waals surface area contributed by atoms with E-state index in [9.17, 15) is 9.59 Å². The summed E-state index contributed by atoms with van der Waals surface area (Å²) >= 11 is 1.56. The van der Waals surface area contributed by atoms with Crippen LogP contribution in [0.2, 0.25) is 0 Å². The number of furan rings is 1. The van der Waals surface area contributed by atoms with Gasteiger partial charge in [0.25, 0.3) is 11.8 Å². The van der Waals surface area contributed by atoms with Crippen molar-refractivity contribution in [3.05, 3.63) is 64.8 Å². The van der Waals surface area contributed by atoms with Crippen LogP contribution < -0.4 is 0 Å². The summed E-state index contributed by atoms with van der Waals surface area (Å²) in [6.45, 7) is 9.15. The molecule has 0 atom stereocenters. The van der Waals surface area contributed by atoms with E-state index >= 15 is 0 Å². The Bertz CT molecular complexity index is 1120. The predicted octanol–water partition coefficient (Wildman–Crippen LogP) is 3.85. The Morgan fingerprint density at radius 3 is 2.52 bits per heavy atom. The molecule has 172 valence electrons. The minimum Gasteiger partial charge on any atom is -0.451 e. The van der Waals surface area contributed by atoms with Crippen LogP contribution in [0.25, 0.3) is 11.0 Å². The van der Waals surface area contributed by atoms with Crippen molar-refractivity contribution in [1.82, 2.24) is 19.7 Å². The van der Waals surface area contributed by atoms with E-state index in [4.69, 9.17) is 9.40 Å². The van der Waals surface area contributed by atoms with Gasteiger partial charge in [-0.3, -0.25) is 14.5 Å². The van der Waals surface area contributed by atoms with E-state index in [1.165, 1.54) is 0 Å². The fraction of sp³-hybridized carbons (Fsp3) is 0.400. The summed E-state index contributed by atoms with van der Waals surface area (Å²) in [6.07, 6.45) is 3.58. The zero-order valence-electron chi connectivity index (χ0n) is 18.6. The molecule has 5 rings (SSSR count). The lowest BCUT2D eigenvalue weighted by molar-refractivity contribution is 0.0645. The van der Waals surface area contributed by atoms with Crippen LogP contribution in [-0.4, -0.2) is 77.3 Å². The molecule has 4 heterocycles. The number of amides is 2. The van der Waals surface area contributed by atoms with Crippen molar-refractivity contribution >= 4 is 34.1 Å². The van der Waals surface area contributed by atoms with E-state index in [1.54, 1.807) is 11.3 Å². The van der Waals surface area contributed by atoms with Crippen LogP contribution in [0, 0.1) is 0 Å². The number of hydrogen-bond acceptors (Lipinski definition) is 6. The molecule has 0 aliphatic carbocycles. The van der Waals surface area contributed by atoms with Gasteiger partial charge in [-0.15, -0.1) is 17.9 Å². The van der Waals surface area contributed by atoms with Crippen molar-refractivity contribution in [3.8, 4) is 0 Å². The maximum atomic E-state index is 12.9. The number of benzene rings is 1. The first-order valence-corrected chi connectivity index (χ1v) is 12.4. The average molecular weight is 465 g/mol. The highest BCUT2D eigenvalue weighted by atomic mass is 32.1. The molecule has 1 aromatic carbocycles. The summed E-state index contributed by atoms with van der Waals surface area (Å²) in [5.41, 5.74) is 1.28. The molecule has 2 saturated heterocycles. The average Bonchev–Trinajstić information content (AvgIpc) is 3.52.